The van der Waals surface area contributed by atoms with Crippen molar-refractivity contribution in [2.45, 2.75) is 18.5 Å². The summed E-state index contributed by atoms with van der Waals surface area (Å²) in [5.74, 6) is 0. The van der Waals surface area contributed by atoms with Crippen molar-refractivity contribution >= 4 is 85.0 Å². The monoisotopic (exact) mass is 693 g/mol. The number of furan rings is 1. The maximum atomic E-state index is 6.30. The predicted molar refractivity (Wildman–Crippen MR) is 215 cm³/mol. The lowest BCUT2D eigenvalue weighted by Crippen LogP contribution is -2.54. The van der Waals surface area contributed by atoms with Crippen molar-refractivity contribution in [2.75, 3.05) is 0 Å². The molecule has 1 saturated heterocycles. The average Bonchev–Trinajstić information content (AvgIpc) is 3.88. The van der Waals surface area contributed by atoms with Gasteiger partial charge in [0, 0.05) is 51.1 Å². The van der Waals surface area contributed by atoms with Crippen LogP contribution in [0.4, 0.5) is 0 Å². The van der Waals surface area contributed by atoms with Gasteiger partial charge in [-0.1, -0.05) is 109 Å². The molecule has 0 amide bonds. The zero-order valence-corrected chi connectivity index (χ0v) is 29.0. The van der Waals surface area contributed by atoms with E-state index in [1.165, 1.54) is 62.6 Å². The quantitative estimate of drug-likeness (QED) is 0.172. The number of rotatable bonds is 4. The van der Waals surface area contributed by atoms with E-state index >= 15 is 0 Å². The number of fused-ring (bicyclic) bond motifs is 9. The molecule has 0 saturated carbocycles. The third-order valence-electron chi connectivity index (χ3n) is 10.4. The van der Waals surface area contributed by atoms with Crippen LogP contribution in [0.15, 0.2) is 156 Å². The molecule has 0 bridgehead atoms. The van der Waals surface area contributed by atoms with Gasteiger partial charge in [-0.05, 0) is 70.3 Å². The van der Waals surface area contributed by atoms with Crippen LogP contribution >= 0.6 is 22.7 Å². The van der Waals surface area contributed by atoms with Crippen LogP contribution in [0.1, 0.15) is 35.2 Å². The molecule has 0 spiro atoms. The van der Waals surface area contributed by atoms with Crippen LogP contribution < -0.4 is 16.0 Å². The first-order valence-corrected chi connectivity index (χ1v) is 19.0. The van der Waals surface area contributed by atoms with Gasteiger partial charge in [0.15, 0.2) is 0 Å². The van der Waals surface area contributed by atoms with Crippen molar-refractivity contribution in [3.05, 3.63) is 168 Å². The first kappa shape index (κ1) is 29.4. The Bertz CT molecular complexity index is 2940. The Morgan fingerprint density at radius 1 is 0.392 bits per heavy atom. The Kier molecular flexibility index (Phi) is 6.69. The van der Waals surface area contributed by atoms with Crippen LogP contribution in [0.25, 0.3) is 73.4 Å². The van der Waals surface area contributed by atoms with Gasteiger partial charge in [0.1, 0.15) is 11.2 Å². The van der Waals surface area contributed by atoms with Gasteiger partial charge in [0.05, 0.1) is 18.5 Å². The van der Waals surface area contributed by atoms with Crippen LogP contribution in [0, 0.1) is 0 Å². The van der Waals surface area contributed by atoms with Crippen molar-refractivity contribution in [2.24, 2.45) is 0 Å². The largest absolute Gasteiger partial charge is 0.456 e. The Morgan fingerprint density at radius 2 is 1.02 bits per heavy atom. The van der Waals surface area contributed by atoms with E-state index in [2.05, 4.69) is 155 Å². The molecule has 1 aliphatic rings. The van der Waals surface area contributed by atoms with Gasteiger partial charge in [-0.2, -0.15) is 0 Å². The molecule has 11 rings (SSSR count). The van der Waals surface area contributed by atoms with E-state index in [9.17, 15) is 0 Å². The molecule has 4 nitrogen and oxygen atoms in total. The van der Waals surface area contributed by atoms with Gasteiger partial charge in [0.25, 0.3) is 0 Å². The minimum atomic E-state index is -0.109. The second-order valence-electron chi connectivity index (χ2n) is 13.4. The maximum absolute atomic E-state index is 6.30. The van der Waals surface area contributed by atoms with Gasteiger partial charge in [-0.25, -0.2) is 0 Å². The van der Waals surface area contributed by atoms with Gasteiger partial charge in [-0.15, -0.1) is 22.7 Å². The van der Waals surface area contributed by atoms with Crippen LogP contribution in [-0.2, 0) is 0 Å². The fourth-order valence-corrected chi connectivity index (χ4v) is 10.2. The second-order valence-corrected chi connectivity index (χ2v) is 15.5. The molecule has 10 aromatic rings. The summed E-state index contributed by atoms with van der Waals surface area (Å²) in [6.07, 6.45) is -0.262. The predicted octanol–water partition coefficient (Wildman–Crippen LogP) is 12.2. The molecule has 244 valence electrons. The first-order chi connectivity index (χ1) is 25.2. The fourth-order valence-electron chi connectivity index (χ4n) is 7.91. The lowest BCUT2D eigenvalue weighted by atomic mass is 9.99. The molecule has 0 aliphatic carbocycles. The maximum Gasteiger partial charge on any atom is 0.135 e. The lowest BCUT2D eigenvalue weighted by Gasteiger charge is -2.39. The number of para-hydroxylation sites is 1. The molecule has 4 heterocycles. The summed E-state index contributed by atoms with van der Waals surface area (Å²) in [6, 6.07) is 54.9. The molecule has 3 N–H and O–H groups in total. The molecule has 0 radical (unpaired) electrons. The van der Waals surface area contributed by atoms with Gasteiger partial charge in [0.2, 0.25) is 0 Å². The molecule has 1 fully saturated rings. The topological polar surface area (TPSA) is 49.2 Å². The Labute approximate surface area is 302 Å². The summed E-state index contributed by atoms with van der Waals surface area (Å²) in [6.45, 7) is 0. The van der Waals surface area contributed by atoms with Gasteiger partial charge < -0.3 is 4.42 Å². The van der Waals surface area contributed by atoms with E-state index in [1.807, 2.05) is 34.8 Å². The summed E-state index contributed by atoms with van der Waals surface area (Å²) < 4.78 is 11.6. The summed E-state index contributed by atoms with van der Waals surface area (Å²) >= 11 is 3.75. The zero-order chi connectivity index (χ0) is 33.5. The minimum Gasteiger partial charge on any atom is -0.456 e. The second kappa shape index (κ2) is 11.6. The zero-order valence-electron chi connectivity index (χ0n) is 27.4. The van der Waals surface area contributed by atoms with Crippen molar-refractivity contribution < 1.29 is 4.42 Å². The lowest BCUT2D eigenvalue weighted by molar-refractivity contribution is 0.203. The molecule has 7 aromatic carbocycles. The highest BCUT2D eigenvalue weighted by atomic mass is 32.1. The van der Waals surface area contributed by atoms with Crippen LogP contribution in [0.3, 0.4) is 0 Å². The number of benzene rings is 7. The van der Waals surface area contributed by atoms with E-state index in [-0.39, 0.29) is 18.5 Å². The first-order valence-electron chi connectivity index (χ1n) is 17.3. The molecular formula is C45H31N3OS2. The van der Waals surface area contributed by atoms with Crippen molar-refractivity contribution in [3.8, 4) is 11.1 Å². The Hall–Kier alpha value is -5.34. The van der Waals surface area contributed by atoms with E-state index in [0.717, 1.165) is 27.5 Å². The van der Waals surface area contributed by atoms with Crippen molar-refractivity contribution in [3.63, 3.8) is 0 Å². The SMILES string of the molecule is c1ccc(C2NC(c3ccc4c(c3)oc3ccccc34)NC(c3ccc4sc5ccc(-c6cccc7c6sc6ccccc67)cc5c4c3)N2)cc1. The standard InChI is InChI=1S/C45H31N3OS2/c1-2-9-26(10-3-1)43-46-44(48-45(47-43)29-17-20-32-31-11-4-6-15-37(31)49-38(32)25-29)28-19-22-41-36(24-28)35-23-27(18-21-40(35)50-41)30-13-8-14-34-33-12-5-7-16-39(33)51-42(30)34/h1-25,43-48H. The summed E-state index contributed by atoms with van der Waals surface area (Å²) in [5, 5.41) is 19.1. The summed E-state index contributed by atoms with van der Waals surface area (Å²) in [4.78, 5) is 0. The number of nitrogens with one attached hydrogen (secondary N) is 3. The molecule has 1 aliphatic heterocycles. The van der Waals surface area contributed by atoms with Crippen molar-refractivity contribution in [1.29, 1.82) is 0 Å². The molecule has 3 aromatic heterocycles. The molecule has 51 heavy (non-hydrogen) atoms. The summed E-state index contributed by atoms with van der Waals surface area (Å²) in [5.41, 5.74) is 7.90. The van der Waals surface area contributed by atoms with Gasteiger partial charge in [-0.3, -0.25) is 16.0 Å². The molecular weight excluding hydrogens is 663 g/mol. The number of hydrogen-bond donors (Lipinski definition) is 3. The Morgan fingerprint density at radius 3 is 1.88 bits per heavy atom. The van der Waals surface area contributed by atoms with Crippen LogP contribution in [-0.4, -0.2) is 0 Å². The third kappa shape index (κ3) is 4.83. The minimum absolute atomic E-state index is 0.0582. The number of hydrogen-bond acceptors (Lipinski definition) is 6. The summed E-state index contributed by atoms with van der Waals surface area (Å²) in [7, 11) is 0. The van der Waals surface area contributed by atoms with Gasteiger partial charge >= 0.3 is 0 Å². The van der Waals surface area contributed by atoms with Crippen molar-refractivity contribution in [1.82, 2.24) is 16.0 Å². The highest BCUT2D eigenvalue weighted by molar-refractivity contribution is 7.26. The van der Waals surface area contributed by atoms with E-state index in [0.29, 0.717) is 0 Å². The Balaban J connectivity index is 1.00. The van der Waals surface area contributed by atoms with Crippen LogP contribution in [0.5, 0.6) is 0 Å². The van der Waals surface area contributed by atoms with E-state index in [4.69, 9.17) is 4.42 Å². The average molecular weight is 694 g/mol. The smallest absolute Gasteiger partial charge is 0.135 e. The normalized spacial score (nSPS) is 18.2. The highest BCUT2D eigenvalue weighted by Gasteiger charge is 2.30. The fraction of sp³-hybridized carbons (Fsp3) is 0.0667. The molecule has 3 unspecified atom stereocenters. The third-order valence-corrected chi connectivity index (χ3v) is 12.8. The van der Waals surface area contributed by atoms with E-state index in [1.54, 1.807) is 0 Å². The molecule has 3 atom stereocenters. The molecule has 6 heteroatoms. The van der Waals surface area contributed by atoms with Crippen LogP contribution in [0.2, 0.25) is 0 Å². The van der Waals surface area contributed by atoms with E-state index < -0.39 is 0 Å². The highest BCUT2D eigenvalue weighted by Crippen LogP contribution is 2.43. The number of thiophene rings is 2.